The van der Waals surface area contributed by atoms with Crippen LogP contribution >= 0.6 is 0 Å². The molecule has 0 radical (unpaired) electrons. The highest BCUT2D eigenvalue weighted by molar-refractivity contribution is 7.89. The van der Waals surface area contributed by atoms with Gasteiger partial charge in [0.05, 0.1) is 24.5 Å². The zero-order chi connectivity index (χ0) is 25.6. The predicted octanol–water partition coefficient (Wildman–Crippen LogP) is 4.68. The Morgan fingerprint density at radius 3 is 2.17 bits per heavy atom. The van der Waals surface area contributed by atoms with Crippen LogP contribution in [-0.4, -0.2) is 43.8 Å². The van der Waals surface area contributed by atoms with Crippen molar-refractivity contribution in [2.75, 3.05) is 18.5 Å². The molecule has 0 aromatic heterocycles. The third-order valence-corrected chi connectivity index (χ3v) is 8.55. The maximum atomic E-state index is 13.9. The summed E-state index contributed by atoms with van der Waals surface area (Å²) in [5, 5.41) is 2.82. The molecule has 1 saturated carbocycles. The first-order valence-electron chi connectivity index (χ1n) is 12.3. The minimum atomic E-state index is -3.87. The Morgan fingerprint density at radius 1 is 1.00 bits per heavy atom. The van der Waals surface area contributed by atoms with E-state index >= 15 is 0 Å². The quantitative estimate of drug-likeness (QED) is 0.505. The Morgan fingerprint density at radius 2 is 1.60 bits per heavy atom. The number of sulfonamides is 1. The Kier molecular flexibility index (Phi) is 9.08. The molecule has 0 aliphatic heterocycles. The van der Waals surface area contributed by atoms with Gasteiger partial charge in [0, 0.05) is 11.7 Å². The van der Waals surface area contributed by atoms with Gasteiger partial charge >= 0.3 is 5.97 Å². The highest BCUT2D eigenvalue weighted by Gasteiger charge is 2.35. The molecule has 1 amide bonds. The third kappa shape index (κ3) is 6.92. The van der Waals surface area contributed by atoms with Crippen molar-refractivity contribution in [3.8, 4) is 0 Å². The Hall–Kier alpha value is -2.71. The van der Waals surface area contributed by atoms with E-state index in [4.69, 9.17) is 4.74 Å². The van der Waals surface area contributed by atoms with Crippen LogP contribution in [0.15, 0.2) is 41.3 Å². The molecule has 1 fully saturated rings. The van der Waals surface area contributed by atoms with Crippen LogP contribution in [0.2, 0.25) is 0 Å². The molecular formula is C27H36N2O5S. The molecule has 0 bridgehead atoms. The van der Waals surface area contributed by atoms with Crippen LogP contribution in [0, 0.1) is 20.8 Å². The maximum absolute atomic E-state index is 13.9. The third-order valence-electron chi connectivity index (χ3n) is 6.34. The average Bonchev–Trinajstić information content (AvgIpc) is 2.78. The van der Waals surface area contributed by atoms with Gasteiger partial charge in [-0.1, -0.05) is 49.1 Å². The maximum Gasteiger partial charge on any atom is 0.310 e. The molecule has 35 heavy (non-hydrogen) atoms. The summed E-state index contributed by atoms with van der Waals surface area (Å²) in [5.74, 6) is -0.695. The van der Waals surface area contributed by atoms with E-state index in [1.807, 2.05) is 32.9 Å². The second kappa shape index (κ2) is 11.8. The molecule has 0 spiro atoms. The zero-order valence-electron chi connectivity index (χ0n) is 21.1. The molecule has 0 atom stereocenters. The Bertz CT molecular complexity index is 1130. The molecule has 1 aliphatic carbocycles. The number of nitrogens with one attached hydrogen (secondary N) is 1. The lowest BCUT2D eigenvalue weighted by Crippen LogP contribution is -2.46. The van der Waals surface area contributed by atoms with E-state index in [1.54, 1.807) is 31.2 Å². The molecule has 0 saturated heterocycles. The molecule has 7 nitrogen and oxygen atoms in total. The van der Waals surface area contributed by atoms with E-state index in [1.165, 1.54) is 4.31 Å². The molecule has 2 aromatic rings. The second-order valence-electron chi connectivity index (χ2n) is 9.30. The SMILES string of the molecule is CCOC(=O)Cc1ccc(NC(=O)CN(C2CCCCC2)S(=O)(=O)c2c(C)cc(C)cc2C)cc1. The molecule has 8 heteroatoms. The number of carbonyl (C=O) groups excluding carboxylic acids is 2. The standard InChI is InChI=1S/C27H36N2O5S/c1-5-34-26(31)17-22-11-13-23(14-12-22)28-25(30)18-29(24-9-7-6-8-10-24)35(32,33)27-20(3)15-19(2)16-21(27)4/h11-16,24H,5-10,17-18H2,1-4H3,(H,28,30). The van der Waals surface area contributed by atoms with Crippen molar-refractivity contribution in [2.24, 2.45) is 0 Å². The Balaban J connectivity index is 1.80. The lowest BCUT2D eigenvalue weighted by atomic mass is 9.95. The minimum Gasteiger partial charge on any atom is -0.466 e. The zero-order valence-corrected chi connectivity index (χ0v) is 21.9. The predicted molar refractivity (Wildman–Crippen MR) is 137 cm³/mol. The monoisotopic (exact) mass is 500 g/mol. The fourth-order valence-corrected chi connectivity index (χ4v) is 6.95. The van der Waals surface area contributed by atoms with Crippen LogP contribution in [0.1, 0.15) is 61.3 Å². The molecule has 3 rings (SSSR count). The lowest BCUT2D eigenvalue weighted by molar-refractivity contribution is -0.142. The largest absolute Gasteiger partial charge is 0.466 e. The van der Waals surface area contributed by atoms with Gasteiger partial charge in [0.25, 0.3) is 0 Å². The van der Waals surface area contributed by atoms with Crippen LogP contribution in [0.25, 0.3) is 0 Å². The van der Waals surface area contributed by atoms with E-state index in [9.17, 15) is 18.0 Å². The van der Waals surface area contributed by atoms with Crippen molar-refractivity contribution < 1.29 is 22.7 Å². The number of hydrogen-bond donors (Lipinski definition) is 1. The molecular weight excluding hydrogens is 464 g/mol. The summed E-state index contributed by atoms with van der Waals surface area (Å²) in [6.45, 7) is 7.41. The fourth-order valence-electron chi connectivity index (χ4n) is 4.90. The number of carbonyl (C=O) groups is 2. The number of rotatable bonds is 9. The van der Waals surface area contributed by atoms with Gasteiger partial charge in [0.2, 0.25) is 15.9 Å². The number of anilines is 1. The van der Waals surface area contributed by atoms with Gasteiger partial charge in [-0.2, -0.15) is 4.31 Å². The van der Waals surface area contributed by atoms with Gasteiger partial charge < -0.3 is 10.1 Å². The second-order valence-corrected chi connectivity index (χ2v) is 11.1. The molecule has 0 heterocycles. The number of ether oxygens (including phenoxy) is 1. The number of esters is 1. The summed E-state index contributed by atoms with van der Waals surface area (Å²) in [5.41, 5.74) is 3.72. The Labute approximate surface area is 208 Å². The van der Waals surface area contributed by atoms with Gasteiger partial charge in [-0.25, -0.2) is 8.42 Å². The van der Waals surface area contributed by atoms with E-state index in [-0.39, 0.29) is 30.9 Å². The fraction of sp³-hybridized carbons (Fsp3) is 0.481. The summed E-state index contributed by atoms with van der Waals surface area (Å²) in [4.78, 5) is 25.0. The minimum absolute atomic E-state index is 0.158. The van der Waals surface area contributed by atoms with Crippen LogP contribution in [0.3, 0.4) is 0 Å². The van der Waals surface area contributed by atoms with E-state index in [2.05, 4.69) is 5.32 Å². The molecule has 1 aliphatic rings. The van der Waals surface area contributed by atoms with Crippen LogP contribution in [-0.2, 0) is 30.8 Å². The average molecular weight is 501 g/mol. The lowest BCUT2D eigenvalue weighted by Gasteiger charge is -2.33. The van der Waals surface area contributed by atoms with E-state index in [0.717, 1.165) is 43.2 Å². The van der Waals surface area contributed by atoms with Crippen molar-refractivity contribution in [3.05, 3.63) is 58.7 Å². The van der Waals surface area contributed by atoms with E-state index < -0.39 is 10.0 Å². The first-order chi connectivity index (χ1) is 16.6. The number of aryl methyl sites for hydroxylation is 3. The summed E-state index contributed by atoms with van der Waals surface area (Å²) in [6, 6.07) is 10.5. The van der Waals surface area contributed by atoms with Gasteiger partial charge in [-0.15, -0.1) is 0 Å². The van der Waals surface area contributed by atoms with Crippen molar-refractivity contribution in [1.82, 2.24) is 4.31 Å². The summed E-state index contributed by atoms with van der Waals surface area (Å²) in [6.07, 6.45) is 4.64. The number of nitrogens with zero attached hydrogens (tertiary/aromatic N) is 1. The van der Waals surface area contributed by atoms with Crippen molar-refractivity contribution in [2.45, 2.75) is 77.2 Å². The first kappa shape index (κ1) is 26.9. The number of hydrogen-bond acceptors (Lipinski definition) is 5. The van der Waals surface area contributed by atoms with Gasteiger partial charge in [0.15, 0.2) is 0 Å². The summed E-state index contributed by atoms with van der Waals surface area (Å²) >= 11 is 0. The topological polar surface area (TPSA) is 92.8 Å². The highest BCUT2D eigenvalue weighted by Crippen LogP contribution is 2.31. The van der Waals surface area contributed by atoms with Crippen molar-refractivity contribution in [1.29, 1.82) is 0 Å². The van der Waals surface area contributed by atoms with Crippen molar-refractivity contribution in [3.63, 3.8) is 0 Å². The summed E-state index contributed by atoms with van der Waals surface area (Å²) in [7, 11) is -3.87. The van der Waals surface area contributed by atoms with Gasteiger partial charge in [-0.05, 0) is 69.4 Å². The highest BCUT2D eigenvalue weighted by atomic mass is 32.2. The smallest absolute Gasteiger partial charge is 0.310 e. The van der Waals surface area contributed by atoms with E-state index in [0.29, 0.717) is 28.3 Å². The molecule has 1 N–H and O–H groups in total. The molecule has 0 unspecified atom stereocenters. The molecule has 2 aromatic carbocycles. The van der Waals surface area contributed by atoms with Crippen LogP contribution in [0.4, 0.5) is 5.69 Å². The molecule has 190 valence electrons. The number of benzene rings is 2. The number of amides is 1. The van der Waals surface area contributed by atoms with Gasteiger partial charge in [0.1, 0.15) is 0 Å². The normalized spacial score (nSPS) is 14.7. The van der Waals surface area contributed by atoms with Gasteiger partial charge in [-0.3, -0.25) is 9.59 Å². The van der Waals surface area contributed by atoms with Crippen LogP contribution < -0.4 is 5.32 Å². The summed E-state index contributed by atoms with van der Waals surface area (Å²) < 4.78 is 34.1. The van der Waals surface area contributed by atoms with Crippen LogP contribution in [0.5, 0.6) is 0 Å². The van der Waals surface area contributed by atoms with Crippen molar-refractivity contribution >= 4 is 27.6 Å². The first-order valence-corrected chi connectivity index (χ1v) is 13.7.